The summed E-state index contributed by atoms with van der Waals surface area (Å²) in [6.07, 6.45) is 13.1. The third kappa shape index (κ3) is 7.85. The fourth-order valence-corrected chi connectivity index (χ4v) is 8.30. The van der Waals surface area contributed by atoms with E-state index in [9.17, 15) is 18.4 Å². The Morgan fingerprint density at radius 3 is 2.33 bits per heavy atom. The number of halogens is 3. The number of hydrogen-bond donors (Lipinski definition) is 2. The molecule has 9 nitrogen and oxygen atoms in total. The number of carbonyl (C=O) groups excluding carboxylic acids is 2. The molecule has 3 aliphatic heterocycles. The lowest BCUT2D eigenvalue weighted by Gasteiger charge is -2.48. The van der Waals surface area contributed by atoms with Gasteiger partial charge in [-0.1, -0.05) is 43.0 Å². The molecule has 1 aromatic carbocycles. The summed E-state index contributed by atoms with van der Waals surface area (Å²) in [5.74, 6) is -2.34. The number of hydrogen-bond acceptors (Lipinski definition) is 6. The van der Waals surface area contributed by atoms with Gasteiger partial charge in [0.2, 0.25) is 11.8 Å². The number of nitrogens with zero attached hydrogens (tertiary/aromatic N) is 5. The molecule has 0 unspecified atom stereocenters. The molecule has 1 saturated carbocycles. The molecule has 45 heavy (non-hydrogen) atoms. The van der Waals surface area contributed by atoms with Gasteiger partial charge in [-0.2, -0.15) is 5.10 Å². The molecule has 4 heterocycles. The van der Waals surface area contributed by atoms with Crippen molar-refractivity contribution in [2.24, 2.45) is 11.3 Å². The van der Waals surface area contributed by atoms with Crippen LogP contribution in [0.15, 0.2) is 36.9 Å². The minimum atomic E-state index is -2.84. The standard InChI is InChI=1S/C33H46ClF2N7O2/c34-26-8-6-24(7-9-26)18-28(40-27-10-14-41(15-11-27)31(45)29-19-33(35,36)20-38-29)30(44)42-16-12-32(13-17-42,21-43-23-37-22-39-43)25-4-2-1-3-5-25/h6-9,22-23,25,27-29,38,40H,1-5,10-21H2/t28-,29-/m1/s1. The molecule has 2 amide bonds. The van der Waals surface area contributed by atoms with Crippen LogP contribution in [-0.2, 0) is 22.6 Å². The van der Waals surface area contributed by atoms with Crippen LogP contribution >= 0.6 is 11.6 Å². The van der Waals surface area contributed by atoms with Crippen LogP contribution in [0.25, 0.3) is 0 Å². The van der Waals surface area contributed by atoms with E-state index in [4.69, 9.17) is 11.6 Å². The molecular weight excluding hydrogens is 600 g/mol. The number of alkyl halides is 2. The maximum absolute atomic E-state index is 14.2. The average Bonchev–Trinajstić information content (AvgIpc) is 3.71. The third-order valence-electron chi connectivity index (χ3n) is 10.8. The molecule has 6 rings (SSSR count). The summed E-state index contributed by atoms with van der Waals surface area (Å²) in [6, 6.07) is 6.46. The van der Waals surface area contributed by atoms with Crippen LogP contribution in [0.1, 0.15) is 69.8 Å². The zero-order valence-electron chi connectivity index (χ0n) is 26.0. The van der Waals surface area contributed by atoms with Gasteiger partial charge in [-0.15, -0.1) is 0 Å². The quantitative estimate of drug-likeness (QED) is 0.422. The first-order valence-corrected chi connectivity index (χ1v) is 17.1. The number of benzene rings is 1. The summed E-state index contributed by atoms with van der Waals surface area (Å²) in [6.45, 7) is 2.80. The second-order valence-corrected chi connectivity index (χ2v) is 14.2. The van der Waals surface area contributed by atoms with E-state index in [-0.39, 0.29) is 23.3 Å². The number of amides is 2. The van der Waals surface area contributed by atoms with Crippen molar-refractivity contribution in [3.05, 3.63) is 47.5 Å². The lowest BCUT2D eigenvalue weighted by Crippen LogP contribution is -2.57. The van der Waals surface area contributed by atoms with Crippen molar-refractivity contribution in [3.8, 4) is 0 Å². The van der Waals surface area contributed by atoms with Crippen molar-refractivity contribution in [2.75, 3.05) is 32.7 Å². The maximum Gasteiger partial charge on any atom is 0.262 e. The van der Waals surface area contributed by atoms with Crippen LogP contribution in [0, 0.1) is 11.3 Å². The van der Waals surface area contributed by atoms with Gasteiger partial charge >= 0.3 is 0 Å². The minimum absolute atomic E-state index is 0.0479. The lowest BCUT2D eigenvalue weighted by atomic mass is 9.63. The molecule has 0 radical (unpaired) electrons. The summed E-state index contributed by atoms with van der Waals surface area (Å²) < 4.78 is 29.3. The van der Waals surface area contributed by atoms with Gasteiger partial charge in [-0.25, -0.2) is 13.8 Å². The van der Waals surface area contributed by atoms with Gasteiger partial charge in [0, 0.05) is 50.2 Å². The third-order valence-corrected chi connectivity index (χ3v) is 11.0. The van der Waals surface area contributed by atoms with Crippen LogP contribution in [0.4, 0.5) is 8.78 Å². The van der Waals surface area contributed by atoms with Crippen LogP contribution in [-0.4, -0.2) is 93.2 Å². The Balaban J connectivity index is 1.10. The van der Waals surface area contributed by atoms with E-state index in [1.807, 2.05) is 40.2 Å². The molecular formula is C33H46ClF2N7O2. The van der Waals surface area contributed by atoms with Gasteiger partial charge in [-0.05, 0) is 74.0 Å². The van der Waals surface area contributed by atoms with Gasteiger partial charge in [0.15, 0.2) is 0 Å². The summed E-state index contributed by atoms with van der Waals surface area (Å²) in [5.41, 5.74) is 1.15. The largest absolute Gasteiger partial charge is 0.341 e. The number of aromatic nitrogens is 3. The molecule has 0 bridgehead atoms. The SMILES string of the molecule is O=C([C@H]1CC(F)(F)CN1)N1CCC(N[C@H](Cc2ccc(Cl)cc2)C(=O)N2CCC(Cn3cncn3)(C3CCCCC3)CC2)CC1. The van der Waals surface area contributed by atoms with Gasteiger partial charge in [0.05, 0.1) is 18.6 Å². The average molecular weight is 646 g/mol. The number of nitrogens with one attached hydrogen (secondary N) is 2. The Morgan fingerprint density at radius 1 is 1.00 bits per heavy atom. The Morgan fingerprint density at radius 2 is 1.71 bits per heavy atom. The molecule has 3 saturated heterocycles. The first kappa shape index (κ1) is 32.3. The maximum atomic E-state index is 14.2. The zero-order chi connectivity index (χ0) is 31.4. The van der Waals surface area contributed by atoms with E-state index in [1.54, 1.807) is 11.2 Å². The highest BCUT2D eigenvalue weighted by molar-refractivity contribution is 6.30. The van der Waals surface area contributed by atoms with Crippen molar-refractivity contribution in [3.63, 3.8) is 0 Å². The summed E-state index contributed by atoms with van der Waals surface area (Å²) in [5, 5.41) is 11.4. The van der Waals surface area contributed by atoms with Crippen LogP contribution in [0.3, 0.4) is 0 Å². The number of likely N-dealkylation sites (tertiary alicyclic amines) is 2. The molecule has 0 spiro atoms. The van der Waals surface area contributed by atoms with Crippen LogP contribution in [0.5, 0.6) is 0 Å². The normalized spacial score (nSPS) is 24.9. The van der Waals surface area contributed by atoms with Crippen molar-refractivity contribution in [1.82, 2.24) is 35.2 Å². The highest BCUT2D eigenvalue weighted by atomic mass is 35.5. The predicted octanol–water partition coefficient (Wildman–Crippen LogP) is 4.31. The van der Waals surface area contributed by atoms with Crippen molar-refractivity contribution in [1.29, 1.82) is 0 Å². The minimum Gasteiger partial charge on any atom is -0.341 e. The second kappa shape index (κ2) is 14.0. The molecule has 12 heteroatoms. The topological polar surface area (TPSA) is 95.4 Å². The monoisotopic (exact) mass is 645 g/mol. The molecule has 4 aliphatic rings. The van der Waals surface area contributed by atoms with E-state index in [0.717, 1.165) is 38.0 Å². The van der Waals surface area contributed by atoms with Crippen molar-refractivity contribution < 1.29 is 18.4 Å². The summed E-state index contributed by atoms with van der Waals surface area (Å²) in [7, 11) is 0. The fourth-order valence-electron chi connectivity index (χ4n) is 8.18. The smallest absolute Gasteiger partial charge is 0.262 e. The van der Waals surface area contributed by atoms with E-state index in [0.29, 0.717) is 43.3 Å². The molecule has 1 aliphatic carbocycles. The Hall–Kier alpha value is -2.63. The Labute approximate surface area is 269 Å². The second-order valence-electron chi connectivity index (χ2n) is 13.8. The zero-order valence-corrected chi connectivity index (χ0v) is 26.7. The van der Waals surface area contributed by atoms with E-state index < -0.39 is 31.0 Å². The van der Waals surface area contributed by atoms with Crippen molar-refractivity contribution in [2.45, 2.75) is 101 Å². The molecule has 2 N–H and O–H groups in total. The van der Waals surface area contributed by atoms with E-state index >= 15 is 0 Å². The van der Waals surface area contributed by atoms with Gasteiger partial charge in [0.1, 0.15) is 12.7 Å². The lowest BCUT2D eigenvalue weighted by molar-refractivity contribution is -0.138. The molecule has 2 atom stereocenters. The fraction of sp³-hybridized carbons (Fsp3) is 0.697. The highest BCUT2D eigenvalue weighted by Gasteiger charge is 2.45. The molecule has 4 fully saturated rings. The Bertz CT molecular complexity index is 1270. The number of piperidine rings is 2. The number of carbonyl (C=O) groups is 2. The molecule has 2 aromatic rings. The van der Waals surface area contributed by atoms with Gasteiger partial charge in [0.25, 0.3) is 5.92 Å². The molecule has 1 aromatic heterocycles. The predicted molar refractivity (Wildman–Crippen MR) is 168 cm³/mol. The van der Waals surface area contributed by atoms with E-state index in [2.05, 4.69) is 20.7 Å². The first-order valence-electron chi connectivity index (χ1n) is 16.7. The highest BCUT2D eigenvalue weighted by Crippen LogP contribution is 2.47. The summed E-state index contributed by atoms with van der Waals surface area (Å²) >= 11 is 6.15. The summed E-state index contributed by atoms with van der Waals surface area (Å²) in [4.78, 5) is 35.0. The van der Waals surface area contributed by atoms with Crippen LogP contribution in [0.2, 0.25) is 5.02 Å². The van der Waals surface area contributed by atoms with Gasteiger partial charge < -0.3 is 15.1 Å². The number of rotatable bonds is 9. The van der Waals surface area contributed by atoms with Crippen molar-refractivity contribution >= 4 is 23.4 Å². The Kier molecular flexibility index (Phi) is 10.1. The first-order chi connectivity index (χ1) is 21.7. The van der Waals surface area contributed by atoms with E-state index in [1.165, 1.54) is 32.1 Å². The van der Waals surface area contributed by atoms with Gasteiger partial charge in [-0.3, -0.25) is 19.6 Å². The molecule has 246 valence electrons. The van der Waals surface area contributed by atoms with Crippen LogP contribution < -0.4 is 10.6 Å².